The predicted molar refractivity (Wildman–Crippen MR) is 85.4 cm³/mol. The molecule has 0 spiro atoms. The first kappa shape index (κ1) is 15.9. The SMILES string of the molecule is COCOC[C@@H]1[C@@H]2CC[C@@H]([C@H](O)C2)N1[C@H](C)c1ccccc1. The van der Waals surface area contributed by atoms with E-state index >= 15 is 0 Å². The van der Waals surface area contributed by atoms with Crippen molar-refractivity contribution in [3.63, 3.8) is 0 Å². The van der Waals surface area contributed by atoms with E-state index < -0.39 is 0 Å². The summed E-state index contributed by atoms with van der Waals surface area (Å²) in [5, 5.41) is 10.4. The van der Waals surface area contributed by atoms with Gasteiger partial charge in [0.15, 0.2) is 0 Å². The Kier molecular flexibility index (Phi) is 5.14. The number of nitrogens with zero attached hydrogens (tertiary/aromatic N) is 1. The minimum absolute atomic E-state index is 0.205. The fourth-order valence-corrected chi connectivity index (χ4v) is 4.30. The highest BCUT2D eigenvalue weighted by molar-refractivity contribution is 5.20. The third-order valence-corrected chi connectivity index (χ3v) is 5.35. The van der Waals surface area contributed by atoms with E-state index in [0.717, 1.165) is 12.8 Å². The molecule has 22 heavy (non-hydrogen) atoms. The topological polar surface area (TPSA) is 41.9 Å². The van der Waals surface area contributed by atoms with Gasteiger partial charge in [-0.2, -0.15) is 0 Å². The maximum Gasteiger partial charge on any atom is 0.146 e. The van der Waals surface area contributed by atoms with Crippen LogP contribution in [0.3, 0.4) is 0 Å². The Morgan fingerprint density at radius 3 is 2.73 bits per heavy atom. The van der Waals surface area contributed by atoms with E-state index in [9.17, 15) is 5.11 Å². The first-order valence-corrected chi connectivity index (χ1v) is 8.29. The maximum absolute atomic E-state index is 10.4. The van der Waals surface area contributed by atoms with E-state index in [1.165, 1.54) is 12.0 Å². The summed E-state index contributed by atoms with van der Waals surface area (Å²) in [4.78, 5) is 2.49. The molecule has 0 aromatic heterocycles. The van der Waals surface area contributed by atoms with Gasteiger partial charge in [-0.3, -0.25) is 4.90 Å². The van der Waals surface area contributed by atoms with Crippen LogP contribution in [0.1, 0.15) is 37.8 Å². The van der Waals surface area contributed by atoms with E-state index in [-0.39, 0.29) is 12.1 Å². The van der Waals surface area contributed by atoms with E-state index in [0.29, 0.717) is 31.4 Å². The Labute approximate surface area is 133 Å². The van der Waals surface area contributed by atoms with Gasteiger partial charge in [0.2, 0.25) is 0 Å². The molecule has 4 rings (SSSR count). The smallest absolute Gasteiger partial charge is 0.146 e. The molecule has 4 heteroatoms. The van der Waals surface area contributed by atoms with Crippen molar-refractivity contribution < 1.29 is 14.6 Å². The number of piperidine rings is 2. The number of aliphatic hydroxyl groups excluding tert-OH is 1. The first-order chi connectivity index (χ1) is 10.7. The molecule has 3 fully saturated rings. The fraction of sp³-hybridized carbons (Fsp3) is 0.667. The summed E-state index contributed by atoms with van der Waals surface area (Å²) in [6, 6.07) is 11.5. The number of fused-ring (bicyclic) bond motifs is 3. The second-order valence-electron chi connectivity index (χ2n) is 6.59. The first-order valence-electron chi connectivity index (χ1n) is 8.29. The molecule has 2 bridgehead atoms. The van der Waals surface area contributed by atoms with Crippen LogP contribution >= 0.6 is 0 Å². The third-order valence-electron chi connectivity index (χ3n) is 5.35. The molecule has 2 aliphatic heterocycles. The highest BCUT2D eigenvalue weighted by Crippen LogP contribution is 2.44. The molecule has 1 aromatic rings. The number of aliphatic hydroxyl groups is 1. The van der Waals surface area contributed by atoms with E-state index in [4.69, 9.17) is 9.47 Å². The average Bonchev–Trinajstić information content (AvgIpc) is 2.56. The van der Waals surface area contributed by atoms with Crippen molar-refractivity contribution in [1.82, 2.24) is 4.90 Å². The van der Waals surface area contributed by atoms with E-state index in [2.05, 4.69) is 36.1 Å². The second-order valence-corrected chi connectivity index (χ2v) is 6.59. The van der Waals surface area contributed by atoms with Crippen LogP contribution in [0, 0.1) is 5.92 Å². The van der Waals surface area contributed by atoms with Gasteiger partial charge in [0.05, 0.1) is 12.7 Å². The Hall–Kier alpha value is -0.940. The van der Waals surface area contributed by atoms with Crippen molar-refractivity contribution >= 4 is 0 Å². The van der Waals surface area contributed by atoms with Gasteiger partial charge in [-0.15, -0.1) is 0 Å². The molecule has 1 aromatic carbocycles. The van der Waals surface area contributed by atoms with Crippen molar-refractivity contribution in [1.29, 1.82) is 0 Å². The summed E-state index contributed by atoms with van der Waals surface area (Å²) in [6.45, 7) is 3.26. The highest BCUT2D eigenvalue weighted by atomic mass is 16.7. The lowest BCUT2D eigenvalue weighted by Crippen LogP contribution is -2.62. The van der Waals surface area contributed by atoms with Crippen LogP contribution in [-0.2, 0) is 9.47 Å². The molecule has 0 amide bonds. The minimum Gasteiger partial charge on any atom is -0.391 e. The summed E-state index contributed by atoms with van der Waals surface area (Å²) in [5.41, 5.74) is 1.30. The third kappa shape index (κ3) is 3.06. The summed E-state index contributed by atoms with van der Waals surface area (Å²) >= 11 is 0. The molecule has 122 valence electrons. The molecule has 1 saturated carbocycles. The Balaban J connectivity index is 1.80. The number of hydrogen-bond acceptors (Lipinski definition) is 4. The molecule has 1 N–H and O–H groups in total. The summed E-state index contributed by atoms with van der Waals surface area (Å²) in [7, 11) is 1.65. The van der Waals surface area contributed by atoms with Crippen LogP contribution in [0.25, 0.3) is 0 Å². The quantitative estimate of drug-likeness (QED) is 0.648. The maximum atomic E-state index is 10.4. The lowest BCUT2D eigenvalue weighted by Gasteiger charge is -2.55. The molecule has 0 radical (unpaired) electrons. The molecule has 5 atom stereocenters. The average molecular weight is 305 g/mol. The standard InChI is InChI=1S/C18H27NO3/c1-13(14-6-4-3-5-7-14)19-16-9-8-15(10-18(16)20)17(19)11-22-12-21-2/h3-7,13,15-18,20H,8-12H2,1-2H3/t13-,15-,16+,17-,18-/m1/s1. The number of rotatable bonds is 6. The number of ether oxygens (including phenoxy) is 2. The highest BCUT2D eigenvalue weighted by Gasteiger charge is 2.48. The van der Waals surface area contributed by atoms with Gasteiger partial charge in [0.25, 0.3) is 0 Å². The van der Waals surface area contributed by atoms with Crippen LogP contribution in [-0.4, -0.2) is 48.7 Å². The monoisotopic (exact) mass is 305 g/mol. The van der Waals surface area contributed by atoms with Crippen molar-refractivity contribution in [2.75, 3.05) is 20.5 Å². The summed E-state index contributed by atoms with van der Waals surface area (Å²) in [6.07, 6.45) is 2.98. The van der Waals surface area contributed by atoms with Gasteiger partial charge >= 0.3 is 0 Å². The second kappa shape index (κ2) is 7.09. The molecule has 2 heterocycles. The van der Waals surface area contributed by atoms with Crippen LogP contribution in [0.5, 0.6) is 0 Å². The van der Waals surface area contributed by atoms with Crippen LogP contribution in [0.4, 0.5) is 0 Å². The largest absolute Gasteiger partial charge is 0.391 e. The Morgan fingerprint density at radius 1 is 1.27 bits per heavy atom. The van der Waals surface area contributed by atoms with Gasteiger partial charge < -0.3 is 14.6 Å². The van der Waals surface area contributed by atoms with Crippen LogP contribution in [0.2, 0.25) is 0 Å². The predicted octanol–water partition coefficient (Wildman–Crippen LogP) is 2.58. The zero-order valence-electron chi connectivity index (χ0n) is 13.5. The Bertz CT molecular complexity index is 467. The lowest BCUT2D eigenvalue weighted by atomic mass is 9.72. The van der Waals surface area contributed by atoms with E-state index in [1.54, 1.807) is 7.11 Å². The van der Waals surface area contributed by atoms with Crippen LogP contribution < -0.4 is 0 Å². The van der Waals surface area contributed by atoms with Gasteiger partial charge in [0, 0.05) is 25.2 Å². The molecule has 3 aliphatic rings. The van der Waals surface area contributed by atoms with E-state index in [1.807, 2.05) is 6.07 Å². The molecule has 4 nitrogen and oxygen atoms in total. The van der Waals surface area contributed by atoms with Gasteiger partial charge in [-0.1, -0.05) is 30.3 Å². The number of methoxy groups -OCH3 is 1. The fourth-order valence-electron chi connectivity index (χ4n) is 4.30. The minimum atomic E-state index is -0.205. The van der Waals surface area contributed by atoms with Crippen molar-refractivity contribution in [3.05, 3.63) is 35.9 Å². The van der Waals surface area contributed by atoms with Crippen molar-refractivity contribution in [2.45, 2.75) is 50.4 Å². The van der Waals surface area contributed by atoms with Crippen molar-refractivity contribution in [2.24, 2.45) is 5.92 Å². The number of hydrogen-bond donors (Lipinski definition) is 1. The molecular weight excluding hydrogens is 278 g/mol. The summed E-state index contributed by atoms with van der Waals surface area (Å²) < 4.78 is 10.7. The molecular formula is C18H27NO3. The van der Waals surface area contributed by atoms with Crippen molar-refractivity contribution in [3.8, 4) is 0 Å². The van der Waals surface area contributed by atoms with Gasteiger partial charge in [-0.05, 0) is 37.7 Å². The summed E-state index contributed by atoms with van der Waals surface area (Å²) in [5.74, 6) is 0.517. The number of benzene rings is 1. The molecule has 2 saturated heterocycles. The van der Waals surface area contributed by atoms with Crippen LogP contribution in [0.15, 0.2) is 30.3 Å². The Morgan fingerprint density at radius 2 is 2.05 bits per heavy atom. The zero-order chi connectivity index (χ0) is 15.5. The zero-order valence-corrected chi connectivity index (χ0v) is 13.5. The van der Waals surface area contributed by atoms with Gasteiger partial charge in [0.1, 0.15) is 6.79 Å². The lowest BCUT2D eigenvalue weighted by molar-refractivity contribution is -0.142. The molecule has 1 aliphatic carbocycles. The molecule has 0 unspecified atom stereocenters. The van der Waals surface area contributed by atoms with Gasteiger partial charge in [-0.25, -0.2) is 0 Å². The normalized spacial score (nSPS) is 33.0.